The van der Waals surface area contributed by atoms with Crippen LogP contribution in [0.15, 0.2) is 42.5 Å². The normalized spacial score (nSPS) is 11.5. The first-order valence-corrected chi connectivity index (χ1v) is 10.2. The summed E-state index contributed by atoms with van der Waals surface area (Å²) in [6.45, 7) is 2.52. The average molecular weight is 434 g/mol. The van der Waals surface area contributed by atoms with E-state index in [0.717, 1.165) is 11.6 Å². The number of benzene rings is 1. The highest BCUT2D eigenvalue weighted by molar-refractivity contribution is 5.84. The van der Waals surface area contributed by atoms with Gasteiger partial charge in [-0.2, -0.15) is 0 Å². The van der Waals surface area contributed by atoms with Crippen LogP contribution in [0.4, 0.5) is 4.79 Å². The number of carbonyl (C=O) groups excluding carboxylic acids is 3. The Morgan fingerprint density at radius 1 is 1.06 bits per heavy atom. The molecule has 0 aliphatic heterocycles. The minimum atomic E-state index is -1.18. The van der Waals surface area contributed by atoms with Crippen molar-refractivity contribution in [1.82, 2.24) is 10.6 Å². The van der Waals surface area contributed by atoms with Crippen molar-refractivity contribution >= 4 is 23.9 Å². The zero-order chi connectivity index (χ0) is 22.9. The van der Waals surface area contributed by atoms with Gasteiger partial charge in [0, 0.05) is 19.0 Å². The number of esters is 1. The summed E-state index contributed by atoms with van der Waals surface area (Å²) in [6, 6.07) is 8.24. The summed E-state index contributed by atoms with van der Waals surface area (Å²) >= 11 is 0. The second kappa shape index (κ2) is 15.5. The van der Waals surface area contributed by atoms with Crippen molar-refractivity contribution in [2.75, 3.05) is 13.2 Å². The first-order chi connectivity index (χ1) is 14.9. The Kier molecular flexibility index (Phi) is 12.8. The van der Waals surface area contributed by atoms with Crippen molar-refractivity contribution in [3.05, 3.63) is 48.0 Å². The molecular weight excluding hydrogens is 404 g/mol. The van der Waals surface area contributed by atoms with Gasteiger partial charge < -0.3 is 25.2 Å². The minimum absolute atomic E-state index is 0.0189. The highest BCUT2D eigenvalue weighted by Gasteiger charge is 2.18. The molecule has 1 aromatic rings. The van der Waals surface area contributed by atoms with Gasteiger partial charge in [0.25, 0.3) is 0 Å². The fourth-order valence-corrected chi connectivity index (χ4v) is 2.53. The van der Waals surface area contributed by atoms with Crippen LogP contribution in [0.5, 0.6) is 0 Å². The second-order valence-electron chi connectivity index (χ2n) is 6.65. The molecule has 0 bridgehead atoms. The quantitative estimate of drug-likeness (QED) is 0.233. The van der Waals surface area contributed by atoms with E-state index in [0.29, 0.717) is 25.8 Å². The van der Waals surface area contributed by atoms with Crippen molar-refractivity contribution in [1.29, 1.82) is 0 Å². The van der Waals surface area contributed by atoms with Crippen molar-refractivity contribution in [2.45, 2.75) is 51.7 Å². The number of carboxylic acids is 1. The first-order valence-electron chi connectivity index (χ1n) is 10.2. The van der Waals surface area contributed by atoms with E-state index in [1.807, 2.05) is 30.3 Å². The number of nitrogens with one attached hydrogen (secondary N) is 2. The lowest BCUT2D eigenvalue weighted by Gasteiger charge is -2.12. The fourth-order valence-electron chi connectivity index (χ4n) is 2.53. The lowest BCUT2D eigenvalue weighted by molar-refractivity contribution is -0.141. The van der Waals surface area contributed by atoms with E-state index in [2.05, 4.69) is 10.6 Å². The van der Waals surface area contributed by atoms with E-state index in [1.54, 1.807) is 6.92 Å². The van der Waals surface area contributed by atoms with Gasteiger partial charge in [0.05, 0.1) is 6.61 Å². The topological polar surface area (TPSA) is 131 Å². The molecule has 1 atom stereocenters. The number of hydrogen-bond acceptors (Lipinski definition) is 6. The van der Waals surface area contributed by atoms with Gasteiger partial charge in [-0.25, -0.2) is 14.4 Å². The van der Waals surface area contributed by atoms with Gasteiger partial charge in [-0.1, -0.05) is 42.8 Å². The SMILES string of the molecule is CCOC(=O)/C=C/C[C@@H](NC(=O)CCCCCNC(=O)OCc1ccccc1)C(=O)O. The summed E-state index contributed by atoms with van der Waals surface area (Å²) < 4.78 is 9.80. The Balaban J connectivity index is 2.14. The molecule has 1 rings (SSSR count). The Bertz CT molecular complexity index is 735. The van der Waals surface area contributed by atoms with Gasteiger partial charge in [0.2, 0.25) is 5.91 Å². The number of amides is 2. The second-order valence-corrected chi connectivity index (χ2v) is 6.65. The molecule has 170 valence electrons. The van der Waals surface area contributed by atoms with Crippen LogP contribution in [0.1, 0.15) is 44.6 Å². The Labute approximate surface area is 181 Å². The highest BCUT2D eigenvalue weighted by Crippen LogP contribution is 2.03. The van der Waals surface area contributed by atoms with Crippen LogP contribution < -0.4 is 10.6 Å². The number of hydrogen-bond donors (Lipinski definition) is 3. The van der Waals surface area contributed by atoms with Crippen LogP contribution >= 0.6 is 0 Å². The first kappa shape index (κ1) is 25.7. The van der Waals surface area contributed by atoms with Crippen molar-refractivity contribution in [3.8, 4) is 0 Å². The van der Waals surface area contributed by atoms with Crippen molar-refractivity contribution in [3.63, 3.8) is 0 Å². The number of alkyl carbamates (subject to hydrolysis) is 1. The number of rotatable bonds is 14. The number of aliphatic carboxylic acids is 1. The van der Waals surface area contributed by atoms with E-state index < -0.39 is 24.1 Å². The van der Waals surface area contributed by atoms with Crippen molar-refractivity contribution < 1.29 is 33.8 Å². The molecule has 3 N–H and O–H groups in total. The molecule has 9 nitrogen and oxygen atoms in total. The Morgan fingerprint density at radius 2 is 1.81 bits per heavy atom. The Hall–Kier alpha value is -3.36. The van der Waals surface area contributed by atoms with Crippen LogP contribution in [0.3, 0.4) is 0 Å². The lowest BCUT2D eigenvalue weighted by atomic mass is 10.1. The summed E-state index contributed by atoms with van der Waals surface area (Å²) in [6.07, 6.45) is 4.06. The predicted molar refractivity (Wildman–Crippen MR) is 113 cm³/mol. The van der Waals surface area contributed by atoms with E-state index >= 15 is 0 Å². The van der Waals surface area contributed by atoms with Crippen LogP contribution in [0, 0.1) is 0 Å². The number of carboxylic acid groups (broad SMARTS) is 1. The third-order valence-corrected chi connectivity index (χ3v) is 4.11. The summed E-state index contributed by atoms with van der Waals surface area (Å²) in [5.74, 6) is -2.12. The Morgan fingerprint density at radius 3 is 2.48 bits per heavy atom. The molecule has 1 aromatic carbocycles. The smallest absolute Gasteiger partial charge is 0.407 e. The van der Waals surface area contributed by atoms with Crippen LogP contribution in [0.25, 0.3) is 0 Å². The summed E-state index contributed by atoms with van der Waals surface area (Å²) in [5, 5.41) is 14.3. The molecule has 0 aromatic heterocycles. The third kappa shape index (κ3) is 12.7. The van der Waals surface area contributed by atoms with E-state index in [-0.39, 0.29) is 32.0 Å². The molecule has 2 amide bonds. The fraction of sp³-hybridized carbons (Fsp3) is 0.455. The molecule has 31 heavy (non-hydrogen) atoms. The average Bonchev–Trinajstić information content (AvgIpc) is 2.74. The highest BCUT2D eigenvalue weighted by atomic mass is 16.5. The largest absolute Gasteiger partial charge is 0.480 e. The molecular formula is C22H30N2O7. The van der Waals surface area contributed by atoms with Gasteiger partial charge in [-0.15, -0.1) is 0 Å². The van der Waals surface area contributed by atoms with Gasteiger partial charge in [0.1, 0.15) is 12.6 Å². The molecule has 0 saturated heterocycles. The minimum Gasteiger partial charge on any atom is -0.480 e. The summed E-state index contributed by atoms with van der Waals surface area (Å²) in [5.41, 5.74) is 0.903. The van der Waals surface area contributed by atoms with Gasteiger partial charge in [0.15, 0.2) is 0 Å². The summed E-state index contributed by atoms with van der Waals surface area (Å²) in [4.78, 5) is 46.0. The molecule has 9 heteroatoms. The monoisotopic (exact) mass is 434 g/mol. The van der Waals surface area contributed by atoms with Gasteiger partial charge >= 0.3 is 18.0 Å². The molecule has 0 aliphatic carbocycles. The van der Waals surface area contributed by atoms with E-state index in [1.165, 1.54) is 6.08 Å². The predicted octanol–water partition coefficient (Wildman–Crippen LogP) is 2.55. The molecule has 0 unspecified atom stereocenters. The zero-order valence-electron chi connectivity index (χ0n) is 17.7. The van der Waals surface area contributed by atoms with Gasteiger partial charge in [-0.3, -0.25) is 4.79 Å². The van der Waals surface area contributed by atoms with Crippen LogP contribution in [-0.4, -0.2) is 48.2 Å². The molecule has 0 heterocycles. The number of ether oxygens (including phenoxy) is 2. The maximum atomic E-state index is 11.9. The van der Waals surface area contributed by atoms with Crippen molar-refractivity contribution in [2.24, 2.45) is 0 Å². The van der Waals surface area contributed by atoms with E-state index in [4.69, 9.17) is 9.47 Å². The van der Waals surface area contributed by atoms with E-state index in [9.17, 15) is 24.3 Å². The number of carbonyl (C=O) groups is 4. The number of unbranched alkanes of at least 4 members (excludes halogenated alkanes) is 2. The van der Waals surface area contributed by atoms with Crippen LogP contribution in [0.2, 0.25) is 0 Å². The third-order valence-electron chi connectivity index (χ3n) is 4.11. The van der Waals surface area contributed by atoms with Crippen LogP contribution in [-0.2, 0) is 30.5 Å². The molecule has 0 aliphatic rings. The summed E-state index contributed by atoms with van der Waals surface area (Å²) in [7, 11) is 0. The molecule has 0 fully saturated rings. The maximum Gasteiger partial charge on any atom is 0.407 e. The standard InChI is InChI=1S/C22H30N2O7/c1-2-30-20(26)14-9-12-18(21(27)28)24-19(25)13-7-4-8-15-23-22(29)31-16-17-10-5-3-6-11-17/h3,5-6,9-11,14,18H,2,4,7-8,12-13,15-16H2,1H3,(H,23,29)(H,24,25)(H,27,28)/b14-9+/t18-/m1/s1. The molecule has 0 saturated carbocycles. The zero-order valence-corrected chi connectivity index (χ0v) is 17.7. The maximum absolute atomic E-state index is 11.9. The molecule has 0 spiro atoms. The van der Waals surface area contributed by atoms with Gasteiger partial charge in [-0.05, 0) is 31.7 Å². The molecule has 0 radical (unpaired) electrons. The lowest BCUT2D eigenvalue weighted by Crippen LogP contribution is -2.40.